The molecule has 296 valence electrons. The summed E-state index contributed by atoms with van der Waals surface area (Å²) in [7, 11) is 0. The maximum absolute atomic E-state index is 7.00. The summed E-state index contributed by atoms with van der Waals surface area (Å²) in [6.45, 7) is 0. The summed E-state index contributed by atoms with van der Waals surface area (Å²) in [5.41, 5.74) is 13.4. The van der Waals surface area contributed by atoms with Crippen LogP contribution in [0.1, 0.15) is 0 Å². The molecule has 0 saturated heterocycles. The van der Waals surface area contributed by atoms with Crippen molar-refractivity contribution in [2.24, 2.45) is 0 Å². The van der Waals surface area contributed by atoms with E-state index >= 15 is 0 Å². The molecule has 0 fully saturated rings. The van der Waals surface area contributed by atoms with Gasteiger partial charge in [-0.1, -0.05) is 170 Å². The lowest BCUT2D eigenvalue weighted by molar-refractivity contribution is 0.487. The number of anilines is 6. The summed E-state index contributed by atoms with van der Waals surface area (Å²) < 4.78 is 7.00. The fourth-order valence-corrected chi connectivity index (χ4v) is 9.34. The molecule has 0 amide bonds. The van der Waals surface area contributed by atoms with Gasteiger partial charge in [-0.15, -0.1) is 0 Å². The lowest BCUT2D eigenvalue weighted by Crippen LogP contribution is -2.12. The predicted octanol–water partition coefficient (Wildman–Crippen LogP) is 17.2. The average molecular weight is 805 g/mol. The van der Waals surface area contributed by atoms with Crippen molar-refractivity contribution in [2.45, 2.75) is 0 Å². The third-order valence-corrected chi connectivity index (χ3v) is 12.4. The van der Waals surface area contributed by atoms with E-state index in [0.29, 0.717) is 0 Å². The second-order valence-corrected chi connectivity index (χ2v) is 16.2. The van der Waals surface area contributed by atoms with E-state index in [2.05, 4.69) is 252 Å². The molecule has 0 aliphatic carbocycles. The van der Waals surface area contributed by atoms with Gasteiger partial charge < -0.3 is 14.5 Å². The molecule has 0 bridgehead atoms. The lowest BCUT2D eigenvalue weighted by atomic mass is 9.93. The van der Waals surface area contributed by atoms with Gasteiger partial charge in [-0.2, -0.15) is 0 Å². The molecule has 1 aliphatic rings. The number of benzene rings is 11. The van der Waals surface area contributed by atoms with E-state index in [4.69, 9.17) is 4.74 Å². The average Bonchev–Trinajstić information content (AvgIpc) is 3.35. The zero-order valence-electron chi connectivity index (χ0n) is 34.4. The molecule has 0 unspecified atom stereocenters. The topological polar surface area (TPSA) is 15.7 Å². The van der Waals surface area contributed by atoms with Gasteiger partial charge in [0.05, 0.1) is 11.4 Å². The fourth-order valence-electron chi connectivity index (χ4n) is 9.34. The van der Waals surface area contributed by atoms with Crippen LogP contribution in [-0.4, -0.2) is 0 Å². The Morgan fingerprint density at radius 1 is 0.270 bits per heavy atom. The monoisotopic (exact) mass is 804 g/mol. The van der Waals surface area contributed by atoms with E-state index in [9.17, 15) is 0 Å². The van der Waals surface area contributed by atoms with Crippen LogP contribution in [0.5, 0.6) is 11.5 Å². The maximum atomic E-state index is 7.00. The first kappa shape index (κ1) is 36.5. The van der Waals surface area contributed by atoms with Gasteiger partial charge in [0.1, 0.15) is 11.5 Å². The molecule has 0 atom stereocenters. The molecule has 3 nitrogen and oxygen atoms in total. The zero-order valence-corrected chi connectivity index (χ0v) is 34.4. The van der Waals surface area contributed by atoms with E-state index in [0.717, 1.165) is 67.5 Å². The van der Waals surface area contributed by atoms with Crippen LogP contribution in [0.3, 0.4) is 0 Å². The third-order valence-electron chi connectivity index (χ3n) is 12.4. The largest absolute Gasteiger partial charge is 0.456 e. The smallest absolute Gasteiger partial charge is 0.138 e. The minimum absolute atomic E-state index is 0.831. The Bertz CT molecular complexity index is 3470. The second-order valence-electron chi connectivity index (χ2n) is 16.2. The molecule has 12 rings (SSSR count). The van der Waals surface area contributed by atoms with E-state index in [1.54, 1.807) is 0 Å². The van der Waals surface area contributed by atoms with Crippen LogP contribution in [0, 0.1) is 0 Å². The molecule has 0 spiro atoms. The molecule has 0 N–H and O–H groups in total. The Balaban J connectivity index is 0.985. The molecule has 1 heterocycles. The van der Waals surface area contributed by atoms with E-state index in [1.165, 1.54) is 43.8 Å². The molecular formula is C60H40N2O. The van der Waals surface area contributed by atoms with E-state index < -0.39 is 0 Å². The molecule has 11 aromatic carbocycles. The van der Waals surface area contributed by atoms with E-state index in [1.807, 2.05) is 0 Å². The Hall–Kier alpha value is -8.40. The van der Waals surface area contributed by atoms with Crippen molar-refractivity contribution in [3.8, 4) is 44.9 Å². The zero-order chi connectivity index (χ0) is 41.7. The number of ether oxygens (including phenoxy) is 1. The van der Waals surface area contributed by atoms with Gasteiger partial charge in [0, 0.05) is 45.2 Å². The second kappa shape index (κ2) is 15.3. The highest BCUT2D eigenvalue weighted by Crippen LogP contribution is 2.52. The van der Waals surface area contributed by atoms with Gasteiger partial charge >= 0.3 is 0 Å². The van der Waals surface area contributed by atoms with Crippen LogP contribution < -0.4 is 14.5 Å². The van der Waals surface area contributed by atoms with Crippen molar-refractivity contribution in [1.82, 2.24) is 0 Å². The van der Waals surface area contributed by atoms with Gasteiger partial charge in [-0.3, -0.25) is 0 Å². The first-order valence-electron chi connectivity index (χ1n) is 21.5. The predicted molar refractivity (Wildman–Crippen MR) is 265 cm³/mol. The first-order chi connectivity index (χ1) is 31.2. The highest BCUT2D eigenvalue weighted by Gasteiger charge is 2.25. The molecule has 0 radical (unpaired) electrons. The fraction of sp³-hybridized carbons (Fsp3) is 0. The normalized spacial score (nSPS) is 11.6. The van der Waals surface area contributed by atoms with Gasteiger partial charge in [0.2, 0.25) is 0 Å². The van der Waals surface area contributed by atoms with Gasteiger partial charge in [-0.05, 0) is 116 Å². The Labute approximate surface area is 367 Å². The summed E-state index contributed by atoms with van der Waals surface area (Å²) in [6, 6.07) is 87.1. The standard InChI is InChI=1S/C60H40N2O/c1-3-13-41(14-4-1)44-25-30-49(31-26-44)61(51-34-29-43-17-7-8-19-47(43)37-51)53-38-48-21-11-23-55-56-39-52(35-36-58(56)63-59(40-53)60(48)55)62(57-24-12-20-46-18-9-10-22-54(46)57)50-32-27-45(28-33-50)42-15-5-2-6-16-42/h1-40H. The van der Waals surface area contributed by atoms with Crippen molar-refractivity contribution in [3.05, 3.63) is 243 Å². The molecule has 0 aromatic heterocycles. The van der Waals surface area contributed by atoms with Crippen molar-refractivity contribution >= 4 is 66.4 Å². The number of fused-ring (bicyclic) bond motifs is 4. The van der Waals surface area contributed by atoms with Crippen LogP contribution >= 0.6 is 0 Å². The number of rotatable bonds is 8. The Morgan fingerprint density at radius 2 is 0.794 bits per heavy atom. The van der Waals surface area contributed by atoms with Crippen molar-refractivity contribution in [1.29, 1.82) is 0 Å². The third kappa shape index (κ3) is 6.55. The summed E-state index contributed by atoms with van der Waals surface area (Å²) in [5.74, 6) is 1.67. The van der Waals surface area contributed by atoms with Crippen molar-refractivity contribution in [2.75, 3.05) is 9.80 Å². The molecule has 3 heteroatoms. The van der Waals surface area contributed by atoms with Crippen LogP contribution in [0.4, 0.5) is 34.1 Å². The van der Waals surface area contributed by atoms with Crippen molar-refractivity contribution in [3.63, 3.8) is 0 Å². The highest BCUT2D eigenvalue weighted by atomic mass is 16.5. The SMILES string of the molecule is c1ccc(-c2ccc(N(c3ccc4ccccc4c3)c3cc4c5c(cccc5c3)-c3cc(N(c5ccc(-c6ccccc6)cc5)c5cccc6ccccc56)ccc3O4)cc2)cc1. The minimum Gasteiger partial charge on any atom is -0.456 e. The lowest BCUT2D eigenvalue weighted by Gasteiger charge is -2.30. The van der Waals surface area contributed by atoms with Crippen LogP contribution in [-0.2, 0) is 0 Å². The maximum Gasteiger partial charge on any atom is 0.138 e. The van der Waals surface area contributed by atoms with Crippen LogP contribution in [0.2, 0.25) is 0 Å². The number of hydrogen-bond donors (Lipinski definition) is 0. The molecule has 11 aromatic rings. The summed E-state index contributed by atoms with van der Waals surface area (Å²) >= 11 is 0. The Kier molecular flexibility index (Phi) is 8.83. The molecule has 63 heavy (non-hydrogen) atoms. The summed E-state index contributed by atoms with van der Waals surface area (Å²) in [4.78, 5) is 4.72. The van der Waals surface area contributed by atoms with Gasteiger partial charge in [-0.25, -0.2) is 0 Å². The van der Waals surface area contributed by atoms with Crippen LogP contribution in [0.15, 0.2) is 243 Å². The Morgan fingerprint density at radius 3 is 1.52 bits per heavy atom. The molecule has 0 saturated carbocycles. The number of hydrogen-bond acceptors (Lipinski definition) is 3. The van der Waals surface area contributed by atoms with Crippen molar-refractivity contribution < 1.29 is 4.74 Å². The van der Waals surface area contributed by atoms with E-state index in [-0.39, 0.29) is 0 Å². The quantitative estimate of drug-likeness (QED) is 0.152. The summed E-state index contributed by atoms with van der Waals surface area (Å²) in [5, 5.41) is 7.00. The summed E-state index contributed by atoms with van der Waals surface area (Å²) in [6.07, 6.45) is 0. The molecule has 1 aliphatic heterocycles. The first-order valence-corrected chi connectivity index (χ1v) is 21.5. The van der Waals surface area contributed by atoms with Crippen LogP contribution in [0.25, 0.3) is 65.7 Å². The van der Waals surface area contributed by atoms with Gasteiger partial charge in [0.25, 0.3) is 0 Å². The minimum atomic E-state index is 0.831. The highest BCUT2D eigenvalue weighted by molar-refractivity contribution is 6.07. The molecular weight excluding hydrogens is 765 g/mol. The van der Waals surface area contributed by atoms with Gasteiger partial charge in [0.15, 0.2) is 0 Å². The number of nitrogens with zero attached hydrogens (tertiary/aromatic N) is 2.